The van der Waals surface area contributed by atoms with Gasteiger partial charge in [0.05, 0.1) is 6.26 Å². The lowest BCUT2D eigenvalue weighted by Crippen LogP contribution is -2.14. The fourth-order valence-electron chi connectivity index (χ4n) is 1.04. The maximum atomic E-state index is 10.9. The average Bonchev–Trinajstić information content (AvgIpc) is 2.15. The monoisotopic (exact) mass is 228 g/mol. The van der Waals surface area contributed by atoms with Gasteiger partial charge in [0.25, 0.3) is 0 Å². The lowest BCUT2D eigenvalue weighted by Gasteiger charge is -2.11. The highest BCUT2D eigenvalue weighted by Gasteiger charge is 2.02. The highest BCUT2D eigenvalue weighted by Crippen LogP contribution is 2.16. The molecular formula is C9H12N2O3S. The van der Waals surface area contributed by atoms with Crippen LogP contribution in [-0.2, 0) is 14.8 Å². The van der Waals surface area contributed by atoms with Crippen molar-refractivity contribution in [1.82, 2.24) is 0 Å². The maximum Gasteiger partial charge on any atom is 0.229 e. The Labute approximate surface area is 88.8 Å². The number of anilines is 2. The van der Waals surface area contributed by atoms with Crippen LogP contribution in [0.3, 0.4) is 0 Å². The summed E-state index contributed by atoms with van der Waals surface area (Å²) in [5.41, 5.74) is 1.17. The summed E-state index contributed by atoms with van der Waals surface area (Å²) in [7, 11) is -1.63. The number of hydrogen-bond donors (Lipinski definition) is 1. The summed E-state index contributed by atoms with van der Waals surface area (Å²) in [4.78, 5) is 11.8. The van der Waals surface area contributed by atoms with Gasteiger partial charge in [-0.2, -0.15) is 0 Å². The highest BCUT2D eigenvalue weighted by atomic mass is 32.2. The number of benzene rings is 1. The van der Waals surface area contributed by atoms with E-state index in [9.17, 15) is 13.2 Å². The zero-order chi connectivity index (χ0) is 11.5. The molecule has 0 aliphatic carbocycles. The fourth-order valence-corrected chi connectivity index (χ4v) is 1.60. The predicted molar refractivity (Wildman–Crippen MR) is 59.4 cm³/mol. The van der Waals surface area contributed by atoms with Gasteiger partial charge in [0, 0.05) is 18.4 Å². The van der Waals surface area contributed by atoms with Crippen LogP contribution in [0.5, 0.6) is 0 Å². The van der Waals surface area contributed by atoms with Crippen LogP contribution in [0.25, 0.3) is 0 Å². The standard InChI is InChI=1S/C9H12N2O3S/c1-11(7-12)9-5-3-8(4-6-9)10-15(2,13)14/h3-7,10H,1-2H3. The Kier molecular flexibility index (Phi) is 3.31. The third-order valence-corrected chi connectivity index (χ3v) is 2.34. The van der Waals surface area contributed by atoms with E-state index in [1.807, 2.05) is 0 Å². The second-order valence-corrected chi connectivity index (χ2v) is 4.89. The van der Waals surface area contributed by atoms with E-state index >= 15 is 0 Å². The summed E-state index contributed by atoms with van der Waals surface area (Å²) >= 11 is 0. The number of carbonyl (C=O) groups is 1. The average molecular weight is 228 g/mol. The molecule has 1 amide bonds. The van der Waals surface area contributed by atoms with E-state index in [4.69, 9.17) is 0 Å². The summed E-state index contributed by atoms with van der Waals surface area (Å²) in [6.45, 7) is 0. The van der Waals surface area contributed by atoms with E-state index in [1.165, 1.54) is 4.90 Å². The Bertz CT molecular complexity index is 439. The molecule has 0 saturated carbocycles. The molecule has 0 aromatic heterocycles. The molecule has 1 aromatic carbocycles. The van der Waals surface area contributed by atoms with Gasteiger partial charge >= 0.3 is 0 Å². The molecule has 15 heavy (non-hydrogen) atoms. The molecule has 0 saturated heterocycles. The molecular weight excluding hydrogens is 216 g/mol. The third-order valence-electron chi connectivity index (χ3n) is 1.74. The topological polar surface area (TPSA) is 66.5 Å². The van der Waals surface area contributed by atoms with E-state index in [1.54, 1.807) is 31.3 Å². The normalized spacial score (nSPS) is 10.8. The van der Waals surface area contributed by atoms with Crippen LogP contribution in [0.4, 0.5) is 11.4 Å². The molecule has 1 N–H and O–H groups in total. The summed E-state index contributed by atoms with van der Waals surface area (Å²) in [5, 5.41) is 0. The Morgan fingerprint density at radius 3 is 2.20 bits per heavy atom. The van der Waals surface area contributed by atoms with Crippen molar-refractivity contribution in [3.05, 3.63) is 24.3 Å². The van der Waals surface area contributed by atoms with Gasteiger partial charge in [0.1, 0.15) is 0 Å². The van der Waals surface area contributed by atoms with Gasteiger partial charge in [0.15, 0.2) is 0 Å². The SMILES string of the molecule is CN(C=O)c1ccc(NS(C)(=O)=O)cc1. The molecule has 1 aromatic rings. The van der Waals surface area contributed by atoms with Crippen molar-refractivity contribution in [2.45, 2.75) is 0 Å². The van der Waals surface area contributed by atoms with Crippen molar-refractivity contribution in [3.8, 4) is 0 Å². The van der Waals surface area contributed by atoms with Crippen molar-refractivity contribution in [1.29, 1.82) is 0 Å². The molecule has 0 heterocycles. The molecule has 5 nitrogen and oxygen atoms in total. The molecule has 0 spiro atoms. The zero-order valence-corrected chi connectivity index (χ0v) is 9.28. The minimum Gasteiger partial charge on any atom is -0.318 e. The predicted octanol–water partition coefficient (Wildman–Crippen LogP) is 0.651. The largest absolute Gasteiger partial charge is 0.318 e. The van der Waals surface area contributed by atoms with Gasteiger partial charge < -0.3 is 4.90 Å². The quantitative estimate of drug-likeness (QED) is 0.769. The van der Waals surface area contributed by atoms with Gasteiger partial charge in [-0.05, 0) is 24.3 Å². The van der Waals surface area contributed by atoms with Crippen LogP contribution < -0.4 is 9.62 Å². The lowest BCUT2D eigenvalue weighted by atomic mass is 10.3. The molecule has 0 aliphatic heterocycles. The lowest BCUT2D eigenvalue weighted by molar-refractivity contribution is -0.107. The van der Waals surface area contributed by atoms with Crippen molar-refractivity contribution < 1.29 is 13.2 Å². The smallest absolute Gasteiger partial charge is 0.229 e. The van der Waals surface area contributed by atoms with Gasteiger partial charge in [-0.1, -0.05) is 0 Å². The number of nitrogens with zero attached hydrogens (tertiary/aromatic N) is 1. The molecule has 0 aliphatic rings. The molecule has 0 bridgehead atoms. The second kappa shape index (κ2) is 4.31. The number of amides is 1. The molecule has 0 atom stereocenters. The van der Waals surface area contributed by atoms with Crippen LogP contribution in [0.15, 0.2) is 24.3 Å². The third kappa shape index (κ3) is 3.59. The molecule has 0 unspecified atom stereocenters. The van der Waals surface area contributed by atoms with Crippen LogP contribution in [0.1, 0.15) is 0 Å². The minimum absolute atomic E-state index is 0.473. The van der Waals surface area contributed by atoms with Crippen molar-refractivity contribution in [3.63, 3.8) is 0 Å². The van der Waals surface area contributed by atoms with Gasteiger partial charge in [-0.25, -0.2) is 8.42 Å². The minimum atomic E-state index is -3.25. The number of sulfonamides is 1. The van der Waals surface area contributed by atoms with Crippen molar-refractivity contribution >= 4 is 27.8 Å². The first-order valence-corrected chi connectivity index (χ1v) is 6.07. The fraction of sp³-hybridized carbons (Fsp3) is 0.222. The van der Waals surface area contributed by atoms with Crippen LogP contribution in [-0.4, -0.2) is 28.1 Å². The van der Waals surface area contributed by atoms with Gasteiger partial charge in [-0.15, -0.1) is 0 Å². The van der Waals surface area contributed by atoms with Gasteiger partial charge in [0.2, 0.25) is 16.4 Å². The molecule has 6 heteroatoms. The maximum absolute atomic E-state index is 10.9. The molecule has 1 rings (SSSR count). The molecule has 0 fully saturated rings. The van der Waals surface area contributed by atoms with E-state index < -0.39 is 10.0 Å². The Hall–Kier alpha value is -1.56. The Morgan fingerprint density at radius 2 is 1.80 bits per heavy atom. The summed E-state index contributed by atoms with van der Waals surface area (Å²) in [6, 6.07) is 6.50. The zero-order valence-electron chi connectivity index (χ0n) is 8.47. The highest BCUT2D eigenvalue weighted by molar-refractivity contribution is 7.92. The Morgan fingerprint density at radius 1 is 1.27 bits per heavy atom. The first kappa shape index (κ1) is 11.5. The van der Waals surface area contributed by atoms with E-state index in [0.29, 0.717) is 17.8 Å². The van der Waals surface area contributed by atoms with Crippen molar-refractivity contribution in [2.24, 2.45) is 0 Å². The number of hydrogen-bond acceptors (Lipinski definition) is 3. The summed E-state index contributed by atoms with van der Waals surface area (Å²) in [6.07, 6.45) is 1.76. The first-order chi connectivity index (χ1) is 6.92. The summed E-state index contributed by atoms with van der Waals surface area (Å²) in [5.74, 6) is 0. The first-order valence-electron chi connectivity index (χ1n) is 4.18. The van der Waals surface area contributed by atoms with Gasteiger partial charge in [-0.3, -0.25) is 9.52 Å². The number of rotatable bonds is 4. The van der Waals surface area contributed by atoms with E-state index in [-0.39, 0.29) is 0 Å². The summed E-state index contributed by atoms with van der Waals surface area (Å²) < 4.78 is 24.1. The van der Waals surface area contributed by atoms with E-state index in [0.717, 1.165) is 6.26 Å². The van der Waals surface area contributed by atoms with E-state index in [2.05, 4.69) is 4.72 Å². The molecule has 82 valence electrons. The number of carbonyl (C=O) groups excluding carboxylic acids is 1. The number of nitrogens with one attached hydrogen (secondary N) is 1. The van der Waals surface area contributed by atoms with Crippen LogP contribution in [0, 0.1) is 0 Å². The van der Waals surface area contributed by atoms with Crippen molar-refractivity contribution in [2.75, 3.05) is 22.9 Å². The van der Waals surface area contributed by atoms with Crippen LogP contribution >= 0.6 is 0 Å². The molecule has 0 radical (unpaired) electrons. The Balaban J connectivity index is 2.86. The van der Waals surface area contributed by atoms with Crippen LogP contribution in [0.2, 0.25) is 0 Å². The second-order valence-electron chi connectivity index (χ2n) is 3.14.